The van der Waals surface area contributed by atoms with Gasteiger partial charge in [-0.25, -0.2) is 9.37 Å². The Hall–Kier alpha value is -2.19. The molecule has 8 heteroatoms. The van der Waals surface area contributed by atoms with E-state index in [1.54, 1.807) is 12.3 Å². The highest BCUT2D eigenvalue weighted by molar-refractivity contribution is 8.00. The summed E-state index contributed by atoms with van der Waals surface area (Å²) in [5, 5.41) is 3.30. The van der Waals surface area contributed by atoms with Crippen LogP contribution in [0.15, 0.2) is 35.5 Å². The number of hydrogen-bond donors (Lipinski definition) is 1. The van der Waals surface area contributed by atoms with Crippen LogP contribution in [0.2, 0.25) is 0 Å². The van der Waals surface area contributed by atoms with Crippen molar-refractivity contribution in [3.8, 4) is 0 Å². The number of nitrogens with zero attached hydrogens (tertiary/aromatic N) is 3. The van der Waals surface area contributed by atoms with Crippen LogP contribution in [0.1, 0.15) is 29.1 Å². The highest BCUT2D eigenvalue weighted by atomic mass is 32.2. The van der Waals surface area contributed by atoms with Gasteiger partial charge >= 0.3 is 0 Å². The van der Waals surface area contributed by atoms with Crippen molar-refractivity contribution < 1.29 is 14.0 Å². The van der Waals surface area contributed by atoms with E-state index in [9.17, 15) is 14.0 Å². The number of hydrogen-bond acceptors (Lipinski definition) is 5. The summed E-state index contributed by atoms with van der Waals surface area (Å²) in [5.74, 6) is 0.171. The number of imidazole rings is 1. The Kier molecular flexibility index (Phi) is 5.73. The van der Waals surface area contributed by atoms with Crippen LogP contribution < -0.4 is 5.32 Å². The number of nitrogens with one attached hydrogen (secondary N) is 1. The van der Waals surface area contributed by atoms with Crippen molar-refractivity contribution >= 4 is 23.5 Å². The summed E-state index contributed by atoms with van der Waals surface area (Å²) < 4.78 is 15.8. The third kappa shape index (κ3) is 3.96. The topological polar surface area (TPSA) is 67.2 Å². The number of benzene rings is 1. The molecular formula is C18H21FN4O2S. The second kappa shape index (κ2) is 8.01. The predicted octanol–water partition coefficient (Wildman–Crippen LogP) is 2.03. The first kappa shape index (κ1) is 18.6. The third-order valence-corrected chi connectivity index (χ3v) is 5.38. The molecule has 2 heterocycles. The number of rotatable bonds is 5. The standard InChI is InChI=1S/C18H21FN4O2S/c1-12(24)14-4-3-13(9-15(14)19)26-11-17(25)23-8-5-20-10-16(23)18-21-6-7-22(18)2/h3-4,6-7,9,16,20H,5,8,10-11H2,1-2H3. The second-order valence-corrected chi connectivity index (χ2v) is 7.24. The van der Waals surface area contributed by atoms with Gasteiger partial charge in [0.15, 0.2) is 5.78 Å². The molecular weight excluding hydrogens is 355 g/mol. The van der Waals surface area contributed by atoms with Crippen molar-refractivity contribution in [3.05, 3.63) is 47.8 Å². The fourth-order valence-corrected chi connectivity index (χ4v) is 3.84. The van der Waals surface area contributed by atoms with E-state index in [4.69, 9.17) is 0 Å². The Morgan fingerprint density at radius 3 is 2.88 bits per heavy atom. The molecule has 1 unspecified atom stereocenters. The third-order valence-electron chi connectivity index (χ3n) is 4.40. The molecule has 1 aliphatic heterocycles. The lowest BCUT2D eigenvalue weighted by Crippen LogP contribution is -2.50. The van der Waals surface area contributed by atoms with Crippen molar-refractivity contribution in [3.63, 3.8) is 0 Å². The largest absolute Gasteiger partial charge is 0.336 e. The first-order valence-electron chi connectivity index (χ1n) is 8.38. The van der Waals surface area contributed by atoms with E-state index < -0.39 is 5.82 Å². The zero-order chi connectivity index (χ0) is 18.7. The Bertz CT molecular complexity index is 823. The smallest absolute Gasteiger partial charge is 0.233 e. The zero-order valence-electron chi connectivity index (χ0n) is 14.7. The summed E-state index contributed by atoms with van der Waals surface area (Å²) in [6, 6.07) is 4.33. The average Bonchev–Trinajstić information content (AvgIpc) is 3.05. The van der Waals surface area contributed by atoms with Gasteiger partial charge in [-0.05, 0) is 25.1 Å². The molecule has 0 aliphatic carbocycles. The molecule has 0 saturated carbocycles. The number of carbonyl (C=O) groups excluding carboxylic acids is 2. The SMILES string of the molecule is CC(=O)c1ccc(SCC(=O)N2CCNCC2c2nccn2C)cc1F. The summed E-state index contributed by atoms with van der Waals surface area (Å²) in [7, 11) is 1.91. The van der Waals surface area contributed by atoms with E-state index in [0.717, 1.165) is 12.4 Å². The van der Waals surface area contributed by atoms with E-state index in [0.29, 0.717) is 18.0 Å². The molecule has 3 rings (SSSR count). The van der Waals surface area contributed by atoms with Crippen molar-refractivity contribution in [1.82, 2.24) is 19.8 Å². The monoisotopic (exact) mass is 376 g/mol. The maximum atomic E-state index is 13.9. The zero-order valence-corrected chi connectivity index (χ0v) is 15.6. The number of amides is 1. The molecule has 0 bridgehead atoms. The Balaban J connectivity index is 1.68. The van der Waals surface area contributed by atoms with Gasteiger partial charge in [0.25, 0.3) is 0 Å². The number of halogens is 1. The first-order valence-corrected chi connectivity index (χ1v) is 9.36. The van der Waals surface area contributed by atoms with Gasteiger partial charge in [0, 0.05) is 44.0 Å². The van der Waals surface area contributed by atoms with Gasteiger partial charge in [-0.2, -0.15) is 0 Å². The Morgan fingerprint density at radius 1 is 1.42 bits per heavy atom. The summed E-state index contributed by atoms with van der Waals surface area (Å²) in [5.41, 5.74) is 0.0672. The molecule has 26 heavy (non-hydrogen) atoms. The van der Waals surface area contributed by atoms with Gasteiger partial charge in [-0.1, -0.05) is 0 Å². The number of ketones is 1. The van der Waals surface area contributed by atoms with Crippen LogP contribution in [-0.2, 0) is 11.8 Å². The molecule has 1 aromatic carbocycles. The molecule has 0 spiro atoms. The van der Waals surface area contributed by atoms with Gasteiger partial charge in [0.2, 0.25) is 5.91 Å². The maximum Gasteiger partial charge on any atom is 0.233 e. The number of aromatic nitrogens is 2. The van der Waals surface area contributed by atoms with E-state index in [2.05, 4.69) is 10.3 Å². The molecule has 1 amide bonds. The Morgan fingerprint density at radius 2 is 2.23 bits per heavy atom. The van der Waals surface area contributed by atoms with Crippen LogP contribution in [0.4, 0.5) is 4.39 Å². The normalized spacial score (nSPS) is 17.3. The highest BCUT2D eigenvalue weighted by Crippen LogP contribution is 2.25. The van der Waals surface area contributed by atoms with Gasteiger partial charge in [0.1, 0.15) is 17.7 Å². The van der Waals surface area contributed by atoms with Crippen molar-refractivity contribution in [2.75, 3.05) is 25.4 Å². The van der Waals surface area contributed by atoms with Gasteiger partial charge in [0.05, 0.1) is 11.3 Å². The van der Waals surface area contributed by atoms with E-state index in [1.807, 2.05) is 22.7 Å². The summed E-state index contributed by atoms with van der Waals surface area (Å²) in [6.07, 6.45) is 3.58. The van der Waals surface area contributed by atoms with Crippen LogP contribution in [0.25, 0.3) is 0 Å². The van der Waals surface area contributed by atoms with Gasteiger partial charge in [-0.15, -0.1) is 11.8 Å². The molecule has 2 aromatic rings. The number of thioether (sulfide) groups is 1. The van der Waals surface area contributed by atoms with Gasteiger partial charge in [-0.3, -0.25) is 9.59 Å². The number of Topliss-reactive ketones (excluding diaryl/α,β-unsaturated/α-hetero) is 1. The summed E-state index contributed by atoms with van der Waals surface area (Å²) >= 11 is 1.27. The number of aryl methyl sites for hydroxylation is 1. The minimum absolute atomic E-state index is 0.0134. The molecule has 1 atom stereocenters. The minimum Gasteiger partial charge on any atom is -0.336 e. The summed E-state index contributed by atoms with van der Waals surface area (Å²) in [4.78, 5) is 30.9. The van der Waals surface area contributed by atoms with Crippen molar-refractivity contribution in [2.24, 2.45) is 7.05 Å². The van der Waals surface area contributed by atoms with Crippen molar-refractivity contribution in [1.29, 1.82) is 0 Å². The van der Waals surface area contributed by atoms with E-state index >= 15 is 0 Å². The quantitative estimate of drug-likeness (QED) is 0.639. The molecule has 1 N–H and O–H groups in total. The predicted molar refractivity (Wildman–Crippen MR) is 97.7 cm³/mol. The molecule has 1 fully saturated rings. The average molecular weight is 376 g/mol. The van der Waals surface area contributed by atoms with Gasteiger partial charge < -0.3 is 14.8 Å². The minimum atomic E-state index is -0.553. The fraction of sp³-hybridized carbons (Fsp3) is 0.389. The Labute approximate surface area is 155 Å². The lowest BCUT2D eigenvalue weighted by molar-refractivity contribution is -0.131. The molecule has 138 valence electrons. The molecule has 6 nitrogen and oxygen atoms in total. The highest BCUT2D eigenvalue weighted by Gasteiger charge is 2.30. The fourth-order valence-electron chi connectivity index (χ4n) is 3.03. The first-order chi connectivity index (χ1) is 12.5. The number of carbonyl (C=O) groups is 2. The van der Waals surface area contributed by atoms with E-state index in [1.165, 1.54) is 30.8 Å². The maximum absolute atomic E-state index is 13.9. The lowest BCUT2D eigenvalue weighted by Gasteiger charge is -2.35. The van der Waals surface area contributed by atoms with Crippen LogP contribution in [0, 0.1) is 5.82 Å². The molecule has 0 radical (unpaired) electrons. The molecule has 1 saturated heterocycles. The summed E-state index contributed by atoms with van der Waals surface area (Å²) in [6.45, 7) is 3.33. The number of piperazine rings is 1. The van der Waals surface area contributed by atoms with Crippen LogP contribution in [0.3, 0.4) is 0 Å². The molecule has 1 aromatic heterocycles. The van der Waals surface area contributed by atoms with Crippen LogP contribution in [-0.4, -0.2) is 51.5 Å². The lowest BCUT2D eigenvalue weighted by atomic mass is 10.1. The second-order valence-electron chi connectivity index (χ2n) is 6.19. The van der Waals surface area contributed by atoms with Crippen molar-refractivity contribution in [2.45, 2.75) is 17.9 Å². The molecule has 1 aliphatic rings. The van der Waals surface area contributed by atoms with Crippen LogP contribution >= 0.6 is 11.8 Å². The van der Waals surface area contributed by atoms with E-state index in [-0.39, 0.29) is 29.0 Å². The van der Waals surface area contributed by atoms with Crippen LogP contribution in [0.5, 0.6) is 0 Å².